The molecular weight excluding hydrogens is 242 g/mol. The van der Waals surface area contributed by atoms with Gasteiger partial charge >= 0.3 is 0 Å². The Kier molecular flexibility index (Phi) is 2.97. The number of nitrogens with two attached hydrogens (primary N) is 1. The summed E-state index contributed by atoms with van der Waals surface area (Å²) in [5.41, 5.74) is 5.69. The molecule has 0 atom stereocenters. The van der Waals surface area contributed by atoms with Crippen molar-refractivity contribution >= 4 is 5.84 Å². The molecule has 0 bridgehead atoms. The van der Waals surface area contributed by atoms with Crippen molar-refractivity contribution in [2.75, 3.05) is 0 Å². The third-order valence-corrected chi connectivity index (χ3v) is 2.36. The van der Waals surface area contributed by atoms with Crippen LogP contribution in [-0.2, 0) is 0 Å². The van der Waals surface area contributed by atoms with Gasteiger partial charge in [-0.2, -0.15) is 5.10 Å². The minimum atomic E-state index is -0.847. The van der Waals surface area contributed by atoms with Crippen LogP contribution in [0.2, 0.25) is 0 Å². The second-order valence-electron chi connectivity index (χ2n) is 3.74. The minimum Gasteiger partial charge on any atom is -0.409 e. The van der Waals surface area contributed by atoms with Crippen LogP contribution in [0.1, 0.15) is 11.1 Å². The van der Waals surface area contributed by atoms with Gasteiger partial charge in [0, 0.05) is 11.8 Å². The molecule has 1 aromatic carbocycles. The van der Waals surface area contributed by atoms with Crippen LogP contribution in [0.25, 0.3) is 5.69 Å². The van der Waals surface area contributed by atoms with E-state index in [9.17, 15) is 8.78 Å². The van der Waals surface area contributed by atoms with Crippen LogP contribution in [0, 0.1) is 18.6 Å². The van der Waals surface area contributed by atoms with Crippen LogP contribution in [0.3, 0.4) is 0 Å². The lowest BCUT2D eigenvalue weighted by molar-refractivity contribution is 0.318. The molecule has 3 N–H and O–H groups in total. The van der Waals surface area contributed by atoms with Gasteiger partial charge in [0.05, 0.1) is 6.20 Å². The number of aryl methyl sites for hydroxylation is 1. The Bertz CT molecular complexity index is 598. The first-order valence-corrected chi connectivity index (χ1v) is 5.01. The summed E-state index contributed by atoms with van der Waals surface area (Å²) in [7, 11) is 0. The van der Waals surface area contributed by atoms with Gasteiger partial charge in [-0.3, -0.25) is 0 Å². The number of nitrogens with zero attached hydrogens (tertiary/aromatic N) is 3. The van der Waals surface area contributed by atoms with E-state index < -0.39 is 11.6 Å². The van der Waals surface area contributed by atoms with Crippen LogP contribution in [0.15, 0.2) is 29.7 Å². The highest BCUT2D eigenvalue weighted by molar-refractivity contribution is 5.97. The summed E-state index contributed by atoms with van der Waals surface area (Å²) in [6, 6.07) is 1.95. The summed E-state index contributed by atoms with van der Waals surface area (Å²) >= 11 is 0. The van der Waals surface area contributed by atoms with Crippen molar-refractivity contribution < 1.29 is 14.0 Å². The van der Waals surface area contributed by atoms with Gasteiger partial charge in [0.2, 0.25) is 0 Å². The summed E-state index contributed by atoms with van der Waals surface area (Å²) in [5.74, 6) is -2.06. The molecule has 0 spiro atoms. The zero-order valence-electron chi connectivity index (χ0n) is 9.43. The van der Waals surface area contributed by atoms with E-state index in [0.717, 1.165) is 22.4 Å². The maximum atomic E-state index is 13.8. The van der Waals surface area contributed by atoms with Gasteiger partial charge < -0.3 is 10.9 Å². The Morgan fingerprint density at radius 2 is 2.00 bits per heavy atom. The van der Waals surface area contributed by atoms with Gasteiger partial charge in [0.15, 0.2) is 17.5 Å². The lowest BCUT2D eigenvalue weighted by Gasteiger charge is -2.07. The smallest absolute Gasteiger partial charge is 0.170 e. The van der Waals surface area contributed by atoms with E-state index in [1.807, 2.05) is 0 Å². The maximum Gasteiger partial charge on any atom is 0.170 e. The SMILES string of the molecule is Cc1cnn(-c2c(F)cc(C(N)=NO)cc2F)c1. The Hall–Kier alpha value is -2.44. The Morgan fingerprint density at radius 1 is 1.39 bits per heavy atom. The van der Waals surface area contributed by atoms with E-state index in [1.54, 1.807) is 6.92 Å². The molecule has 94 valence electrons. The minimum absolute atomic E-state index is 0.0415. The van der Waals surface area contributed by atoms with Gasteiger partial charge in [-0.05, 0) is 24.6 Å². The van der Waals surface area contributed by atoms with Crippen LogP contribution in [0.5, 0.6) is 0 Å². The van der Waals surface area contributed by atoms with Crippen LogP contribution in [-0.4, -0.2) is 20.8 Å². The molecule has 0 radical (unpaired) electrons. The van der Waals surface area contributed by atoms with Crippen molar-refractivity contribution in [2.45, 2.75) is 6.92 Å². The second kappa shape index (κ2) is 4.44. The number of aromatic nitrogens is 2. The third kappa shape index (κ3) is 2.02. The van der Waals surface area contributed by atoms with E-state index in [2.05, 4.69) is 10.3 Å². The van der Waals surface area contributed by atoms with Gasteiger partial charge in [0.1, 0.15) is 5.69 Å². The number of amidine groups is 1. The number of benzene rings is 1. The molecule has 1 heterocycles. The summed E-state index contributed by atoms with van der Waals surface area (Å²) in [6.07, 6.45) is 2.97. The molecule has 0 aliphatic carbocycles. The number of oxime groups is 1. The molecule has 7 heteroatoms. The van der Waals surface area contributed by atoms with Crippen molar-refractivity contribution in [3.8, 4) is 5.69 Å². The Balaban J connectivity index is 2.58. The highest BCUT2D eigenvalue weighted by Crippen LogP contribution is 2.19. The topological polar surface area (TPSA) is 76.4 Å². The molecule has 0 unspecified atom stereocenters. The molecule has 0 amide bonds. The average Bonchev–Trinajstić information content (AvgIpc) is 2.73. The summed E-state index contributed by atoms with van der Waals surface area (Å²) in [4.78, 5) is 0. The third-order valence-electron chi connectivity index (χ3n) is 2.36. The fourth-order valence-electron chi connectivity index (χ4n) is 1.53. The van der Waals surface area contributed by atoms with Gasteiger partial charge in [-0.1, -0.05) is 5.16 Å². The average molecular weight is 252 g/mol. The monoisotopic (exact) mass is 252 g/mol. The molecule has 5 nitrogen and oxygen atoms in total. The zero-order valence-corrected chi connectivity index (χ0v) is 9.43. The predicted molar refractivity (Wildman–Crippen MR) is 60.7 cm³/mol. The van der Waals surface area contributed by atoms with Gasteiger partial charge in [0.25, 0.3) is 0 Å². The van der Waals surface area contributed by atoms with Crippen molar-refractivity contribution in [2.24, 2.45) is 10.9 Å². The fourth-order valence-corrected chi connectivity index (χ4v) is 1.53. The lowest BCUT2D eigenvalue weighted by atomic mass is 10.1. The summed E-state index contributed by atoms with van der Waals surface area (Å²) in [5, 5.41) is 15.0. The first-order chi connectivity index (χ1) is 8.52. The summed E-state index contributed by atoms with van der Waals surface area (Å²) in [6.45, 7) is 1.75. The molecule has 0 saturated heterocycles. The van der Waals surface area contributed by atoms with E-state index >= 15 is 0 Å². The molecular formula is C11H10F2N4O. The Labute approximate surface area is 101 Å². The molecule has 2 aromatic rings. The number of hydrogen-bond acceptors (Lipinski definition) is 3. The first kappa shape index (κ1) is 12.0. The van der Waals surface area contributed by atoms with E-state index in [1.165, 1.54) is 12.4 Å². The largest absolute Gasteiger partial charge is 0.409 e. The molecule has 0 saturated carbocycles. The van der Waals surface area contributed by atoms with Crippen LogP contribution >= 0.6 is 0 Å². The normalized spacial score (nSPS) is 11.8. The lowest BCUT2D eigenvalue weighted by Crippen LogP contribution is -2.15. The molecule has 1 aromatic heterocycles. The van der Waals surface area contributed by atoms with Crippen molar-refractivity contribution in [1.29, 1.82) is 0 Å². The van der Waals surface area contributed by atoms with Gasteiger partial charge in [-0.15, -0.1) is 0 Å². The van der Waals surface area contributed by atoms with Crippen LogP contribution in [0.4, 0.5) is 8.78 Å². The van der Waals surface area contributed by atoms with E-state index in [4.69, 9.17) is 10.9 Å². The highest BCUT2D eigenvalue weighted by atomic mass is 19.1. The predicted octanol–water partition coefficient (Wildman–Crippen LogP) is 1.55. The molecule has 0 fully saturated rings. The fraction of sp³-hybridized carbons (Fsp3) is 0.0909. The summed E-state index contributed by atoms with van der Waals surface area (Å²) < 4.78 is 28.7. The number of halogens is 2. The van der Waals surface area contributed by atoms with Crippen LogP contribution < -0.4 is 5.73 Å². The first-order valence-electron chi connectivity index (χ1n) is 5.01. The van der Waals surface area contributed by atoms with Crippen molar-refractivity contribution in [3.05, 3.63) is 47.3 Å². The van der Waals surface area contributed by atoms with Crippen molar-refractivity contribution in [1.82, 2.24) is 9.78 Å². The number of hydrogen-bond donors (Lipinski definition) is 2. The molecule has 0 aliphatic heterocycles. The van der Waals surface area contributed by atoms with E-state index in [0.29, 0.717) is 0 Å². The highest BCUT2D eigenvalue weighted by Gasteiger charge is 2.15. The molecule has 18 heavy (non-hydrogen) atoms. The van der Waals surface area contributed by atoms with Crippen molar-refractivity contribution in [3.63, 3.8) is 0 Å². The standard InChI is InChI=1S/C11H10F2N4O/c1-6-4-15-17(5-6)10-8(12)2-7(3-9(10)13)11(14)16-18/h2-5,18H,1H3,(H2,14,16). The second-order valence-corrected chi connectivity index (χ2v) is 3.74. The van der Waals surface area contributed by atoms with Gasteiger partial charge in [-0.25, -0.2) is 13.5 Å². The maximum absolute atomic E-state index is 13.8. The zero-order chi connectivity index (χ0) is 13.3. The Morgan fingerprint density at radius 3 is 2.44 bits per heavy atom. The molecule has 2 rings (SSSR count). The quantitative estimate of drug-likeness (QED) is 0.368. The number of rotatable bonds is 2. The van der Waals surface area contributed by atoms with E-state index in [-0.39, 0.29) is 17.1 Å². The molecule has 0 aliphatic rings.